The zero-order valence-corrected chi connectivity index (χ0v) is 17.8. The molecule has 160 valence electrons. The van der Waals surface area contributed by atoms with Crippen LogP contribution in [-0.2, 0) is 21.2 Å². The molecule has 0 fully saturated rings. The molecule has 7 heteroatoms. The smallest absolute Gasteiger partial charge is 0.261 e. The van der Waals surface area contributed by atoms with E-state index in [2.05, 4.69) is 22.2 Å². The molecule has 1 aliphatic rings. The van der Waals surface area contributed by atoms with E-state index in [0.717, 1.165) is 19.3 Å². The lowest BCUT2D eigenvalue weighted by atomic mass is 9.88. The summed E-state index contributed by atoms with van der Waals surface area (Å²) in [7, 11) is -3.69. The third kappa shape index (κ3) is 5.24. The predicted molar refractivity (Wildman–Crippen MR) is 119 cm³/mol. The number of fused-ring (bicyclic) bond motifs is 1. The molecule has 4 rings (SSSR count). The maximum Gasteiger partial charge on any atom is 0.261 e. The second-order valence-electron chi connectivity index (χ2n) is 7.44. The quantitative estimate of drug-likeness (QED) is 0.585. The van der Waals surface area contributed by atoms with Crippen molar-refractivity contribution in [1.29, 1.82) is 0 Å². The number of amides is 1. The van der Waals surface area contributed by atoms with Crippen LogP contribution in [0.4, 0.5) is 5.69 Å². The normalized spacial score (nSPS) is 15.5. The highest BCUT2D eigenvalue weighted by atomic mass is 32.2. The van der Waals surface area contributed by atoms with E-state index in [0.29, 0.717) is 11.4 Å². The van der Waals surface area contributed by atoms with Gasteiger partial charge < -0.3 is 10.1 Å². The molecule has 6 nitrogen and oxygen atoms in total. The molecule has 0 aliphatic heterocycles. The van der Waals surface area contributed by atoms with Gasteiger partial charge in [0.15, 0.2) is 6.61 Å². The van der Waals surface area contributed by atoms with E-state index in [9.17, 15) is 13.2 Å². The van der Waals surface area contributed by atoms with Crippen LogP contribution in [0.3, 0.4) is 0 Å². The largest absolute Gasteiger partial charge is 0.484 e. The first kappa shape index (κ1) is 20.9. The Morgan fingerprint density at radius 1 is 0.935 bits per heavy atom. The van der Waals surface area contributed by atoms with Gasteiger partial charge in [-0.15, -0.1) is 0 Å². The lowest BCUT2D eigenvalue weighted by molar-refractivity contribution is -0.124. The standard InChI is InChI=1S/C24H24N2O4S/c27-24(25-23-12-6-8-18-7-4-5-11-22(18)23)17-30-20-13-15-21(16-14-20)31(28,29)26-19-9-2-1-3-10-19/h1-5,7,9-11,13-16,23,26H,6,8,12,17H2,(H,25,27)/t23-/m0/s1. The third-order valence-corrected chi connectivity index (χ3v) is 6.63. The minimum Gasteiger partial charge on any atom is -0.484 e. The Hall–Kier alpha value is -3.32. The molecular formula is C24H24N2O4S. The van der Waals surface area contributed by atoms with Gasteiger partial charge in [0.05, 0.1) is 10.9 Å². The highest BCUT2D eigenvalue weighted by molar-refractivity contribution is 7.92. The van der Waals surface area contributed by atoms with Crippen LogP contribution in [0.5, 0.6) is 5.75 Å². The SMILES string of the molecule is O=C(COc1ccc(S(=O)(=O)Nc2ccccc2)cc1)N[C@H]1CCCc2ccccc21. The molecular weight excluding hydrogens is 412 g/mol. The van der Waals surface area contributed by atoms with Gasteiger partial charge >= 0.3 is 0 Å². The molecule has 1 atom stereocenters. The van der Waals surface area contributed by atoms with Crippen molar-refractivity contribution >= 4 is 21.6 Å². The van der Waals surface area contributed by atoms with E-state index < -0.39 is 10.0 Å². The summed E-state index contributed by atoms with van der Waals surface area (Å²) in [5.41, 5.74) is 2.94. The summed E-state index contributed by atoms with van der Waals surface area (Å²) in [5, 5.41) is 3.04. The molecule has 3 aromatic carbocycles. The van der Waals surface area contributed by atoms with Crippen LogP contribution >= 0.6 is 0 Å². The number of aryl methyl sites for hydroxylation is 1. The minimum absolute atomic E-state index is 0.00219. The van der Waals surface area contributed by atoms with Gasteiger partial charge in [0, 0.05) is 5.69 Å². The fourth-order valence-electron chi connectivity index (χ4n) is 3.72. The van der Waals surface area contributed by atoms with Crippen LogP contribution in [-0.4, -0.2) is 20.9 Å². The average molecular weight is 437 g/mol. The summed E-state index contributed by atoms with van der Waals surface area (Å²) in [6.07, 6.45) is 2.98. The molecule has 3 aromatic rings. The summed E-state index contributed by atoms with van der Waals surface area (Å²) < 4.78 is 33.1. The molecule has 0 radical (unpaired) electrons. The summed E-state index contributed by atoms with van der Waals surface area (Å²) in [6.45, 7) is -0.132. The van der Waals surface area contributed by atoms with Crippen molar-refractivity contribution < 1.29 is 17.9 Å². The molecule has 0 heterocycles. The van der Waals surface area contributed by atoms with Crippen molar-refractivity contribution in [3.63, 3.8) is 0 Å². The number of benzene rings is 3. The molecule has 0 spiro atoms. The highest BCUT2D eigenvalue weighted by Crippen LogP contribution is 2.29. The third-order valence-electron chi connectivity index (χ3n) is 5.23. The molecule has 1 amide bonds. The number of carbonyl (C=O) groups is 1. The minimum atomic E-state index is -3.69. The zero-order valence-electron chi connectivity index (χ0n) is 17.0. The van der Waals surface area contributed by atoms with Crippen molar-refractivity contribution in [2.24, 2.45) is 0 Å². The number of para-hydroxylation sites is 1. The molecule has 31 heavy (non-hydrogen) atoms. The van der Waals surface area contributed by atoms with Gasteiger partial charge in [0.2, 0.25) is 0 Å². The van der Waals surface area contributed by atoms with E-state index in [1.807, 2.05) is 18.2 Å². The number of ether oxygens (including phenoxy) is 1. The molecule has 0 bridgehead atoms. The topological polar surface area (TPSA) is 84.5 Å². The number of rotatable bonds is 7. The van der Waals surface area contributed by atoms with Crippen molar-refractivity contribution in [3.05, 3.63) is 90.0 Å². The number of nitrogens with one attached hydrogen (secondary N) is 2. The Labute approximate surface area is 182 Å². The second kappa shape index (κ2) is 9.22. The van der Waals surface area contributed by atoms with Crippen LogP contribution in [0.15, 0.2) is 83.8 Å². The lowest BCUT2D eigenvalue weighted by Gasteiger charge is -2.26. The molecule has 0 saturated heterocycles. The molecule has 1 aliphatic carbocycles. The van der Waals surface area contributed by atoms with Crippen LogP contribution in [0.25, 0.3) is 0 Å². The van der Waals surface area contributed by atoms with Gasteiger partial charge in [0.1, 0.15) is 5.75 Å². The molecule has 0 saturated carbocycles. The highest BCUT2D eigenvalue weighted by Gasteiger charge is 2.21. The van der Waals surface area contributed by atoms with E-state index in [4.69, 9.17) is 4.74 Å². The Morgan fingerprint density at radius 3 is 2.42 bits per heavy atom. The van der Waals surface area contributed by atoms with Gasteiger partial charge in [-0.25, -0.2) is 8.42 Å². The van der Waals surface area contributed by atoms with E-state index >= 15 is 0 Å². The first-order valence-electron chi connectivity index (χ1n) is 10.2. The fourth-order valence-corrected chi connectivity index (χ4v) is 4.78. The summed E-state index contributed by atoms with van der Waals surface area (Å²) in [4.78, 5) is 12.5. The van der Waals surface area contributed by atoms with Gasteiger partial charge in [-0.3, -0.25) is 9.52 Å². The van der Waals surface area contributed by atoms with Gasteiger partial charge in [-0.1, -0.05) is 42.5 Å². The maximum atomic E-state index is 12.5. The van der Waals surface area contributed by atoms with Gasteiger partial charge in [0.25, 0.3) is 15.9 Å². The lowest BCUT2D eigenvalue weighted by Crippen LogP contribution is -2.34. The van der Waals surface area contributed by atoms with Crippen molar-refractivity contribution in [1.82, 2.24) is 5.32 Å². The molecule has 0 aromatic heterocycles. The zero-order chi connectivity index (χ0) is 21.7. The average Bonchev–Trinajstić information content (AvgIpc) is 2.79. The van der Waals surface area contributed by atoms with Crippen LogP contribution < -0.4 is 14.8 Å². The number of anilines is 1. The van der Waals surface area contributed by atoms with Crippen LogP contribution in [0, 0.1) is 0 Å². The summed E-state index contributed by atoms with van der Waals surface area (Å²) in [5.74, 6) is 0.224. The maximum absolute atomic E-state index is 12.5. The monoisotopic (exact) mass is 436 g/mol. The van der Waals surface area contributed by atoms with E-state index in [1.54, 1.807) is 36.4 Å². The summed E-state index contributed by atoms with van der Waals surface area (Å²) >= 11 is 0. The number of hydrogen-bond acceptors (Lipinski definition) is 4. The summed E-state index contributed by atoms with van der Waals surface area (Å²) in [6, 6.07) is 22.8. The number of hydrogen-bond donors (Lipinski definition) is 2. The Kier molecular flexibility index (Phi) is 6.23. The van der Waals surface area contributed by atoms with Gasteiger partial charge in [-0.2, -0.15) is 0 Å². The fraction of sp³-hybridized carbons (Fsp3) is 0.208. The van der Waals surface area contributed by atoms with Crippen molar-refractivity contribution in [3.8, 4) is 5.75 Å². The van der Waals surface area contributed by atoms with Crippen LogP contribution in [0.2, 0.25) is 0 Å². The van der Waals surface area contributed by atoms with E-state index in [-0.39, 0.29) is 23.5 Å². The van der Waals surface area contributed by atoms with Crippen LogP contribution in [0.1, 0.15) is 30.0 Å². The Morgan fingerprint density at radius 2 is 1.65 bits per heavy atom. The van der Waals surface area contributed by atoms with E-state index in [1.165, 1.54) is 23.3 Å². The van der Waals surface area contributed by atoms with Crippen molar-refractivity contribution in [2.45, 2.75) is 30.2 Å². The second-order valence-corrected chi connectivity index (χ2v) is 9.13. The van der Waals surface area contributed by atoms with Crippen molar-refractivity contribution in [2.75, 3.05) is 11.3 Å². The van der Waals surface area contributed by atoms with Gasteiger partial charge in [-0.05, 0) is 66.8 Å². The first-order valence-corrected chi connectivity index (χ1v) is 11.7. The Balaban J connectivity index is 1.33. The molecule has 0 unspecified atom stereocenters. The first-order chi connectivity index (χ1) is 15.0. The predicted octanol–water partition coefficient (Wildman–Crippen LogP) is 4.06. The number of carbonyl (C=O) groups excluding carboxylic acids is 1. The molecule has 2 N–H and O–H groups in total. The Bertz CT molecular complexity index is 1150. The number of sulfonamides is 1.